The molecular formula is C37H74O14. The fourth-order valence-electron chi connectivity index (χ4n) is 4.16. The number of rotatable bonds is 45. The van der Waals surface area contributed by atoms with Crippen molar-refractivity contribution in [2.75, 3.05) is 159 Å². The van der Waals surface area contributed by atoms with Crippen LogP contribution in [0.5, 0.6) is 0 Å². The highest BCUT2D eigenvalue weighted by Gasteiger charge is 2.03. The van der Waals surface area contributed by atoms with Gasteiger partial charge in [-0.25, -0.2) is 0 Å². The van der Waals surface area contributed by atoms with E-state index in [2.05, 4.69) is 6.92 Å². The second-order valence-electron chi connectivity index (χ2n) is 11.7. The molecular weight excluding hydrogens is 668 g/mol. The van der Waals surface area contributed by atoms with Crippen LogP contribution in [0.1, 0.15) is 72.1 Å². The minimum absolute atomic E-state index is 0.141. The molecule has 0 aliphatic heterocycles. The Hall–Kier alpha value is -1.01. The van der Waals surface area contributed by atoms with Gasteiger partial charge in [0, 0.05) is 6.42 Å². The van der Waals surface area contributed by atoms with Crippen molar-refractivity contribution in [2.45, 2.75) is 78.2 Å². The third-order valence-electron chi connectivity index (χ3n) is 6.87. The molecule has 51 heavy (non-hydrogen) atoms. The van der Waals surface area contributed by atoms with Gasteiger partial charge in [0.15, 0.2) is 0 Å². The molecule has 0 fully saturated rings. The fourth-order valence-corrected chi connectivity index (χ4v) is 4.16. The quantitative estimate of drug-likeness (QED) is 0.0649. The molecule has 0 amide bonds. The van der Waals surface area contributed by atoms with Crippen molar-refractivity contribution in [2.24, 2.45) is 0 Å². The maximum Gasteiger partial charge on any atom is 0.305 e. The lowest BCUT2D eigenvalue weighted by Crippen LogP contribution is -2.16. The Labute approximate surface area is 309 Å². The van der Waals surface area contributed by atoms with Crippen molar-refractivity contribution in [3.05, 3.63) is 0 Å². The summed E-state index contributed by atoms with van der Waals surface area (Å²) in [5.74, 6) is -0.141. The molecule has 14 nitrogen and oxygen atoms in total. The van der Waals surface area contributed by atoms with Gasteiger partial charge in [0.05, 0.1) is 158 Å². The Bertz CT molecular complexity index is 659. The molecule has 0 saturated heterocycles. The lowest BCUT2D eigenvalue weighted by atomic mass is 10.1. The lowest BCUT2D eigenvalue weighted by molar-refractivity contribution is -0.145. The number of carbonyl (C=O) groups excluding carboxylic acids is 1. The summed E-state index contributed by atoms with van der Waals surface area (Å²) < 4.78 is 70.7. The standard InChI is InChI=1S/C37H74O14/c1-4-5-6-7-8-9-10-11-37(38)51-35-33-49-31-29-47-27-25-45-23-21-43-19-17-41-15-13-39-12-14-40-16-18-42-20-22-44-24-26-46-28-30-48-32-34-50-36(2)3/h36H,4-35H2,1-3H3. The summed E-state index contributed by atoms with van der Waals surface area (Å²) in [6.07, 6.45) is 9.02. The first-order valence-corrected chi connectivity index (χ1v) is 19.3. The lowest BCUT2D eigenvalue weighted by Gasteiger charge is -2.09. The normalized spacial score (nSPS) is 11.6. The molecule has 0 rings (SSSR count). The summed E-state index contributed by atoms with van der Waals surface area (Å²) in [5, 5.41) is 0. The zero-order chi connectivity index (χ0) is 37.0. The van der Waals surface area contributed by atoms with E-state index in [1.807, 2.05) is 13.8 Å². The van der Waals surface area contributed by atoms with Crippen molar-refractivity contribution >= 4 is 5.97 Å². The molecule has 0 bridgehead atoms. The van der Waals surface area contributed by atoms with E-state index in [0.29, 0.717) is 158 Å². The number of hydrogen-bond donors (Lipinski definition) is 0. The van der Waals surface area contributed by atoms with Crippen molar-refractivity contribution in [3.8, 4) is 0 Å². The predicted octanol–water partition coefficient (Wildman–Crippen LogP) is 4.28. The van der Waals surface area contributed by atoms with Crippen molar-refractivity contribution in [1.29, 1.82) is 0 Å². The van der Waals surface area contributed by atoms with Gasteiger partial charge in [0.1, 0.15) is 6.61 Å². The Kier molecular flexibility index (Phi) is 44.3. The molecule has 0 heterocycles. The first-order valence-electron chi connectivity index (χ1n) is 19.3. The Morgan fingerprint density at radius 3 is 0.902 bits per heavy atom. The molecule has 0 unspecified atom stereocenters. The zero-order valence-corrected chi connectivity index (χ0v) is 32.4. The zero-order valence-electron chi connectivity index (χ0n) is 32.4. The van der Waals surface area contributed by atoms with E-state index in [9.17, 15) is 4.79 Å². The first-order chi connectivity index (χ1) is 25.2. The summed E-state index contributed by atoms with van der Waals surface area (Å²) in [6, 6.07) is 0. The van der Waals surface area contributed by atoms with Crippen LogP contribution in [0.15, 0.2) is 0 Å². The van der Waals surface area contributed by atoms with Gasteiger partial charge in [0.2, 0.25) is 0 Å². The van der Waals surface area contributed by atoms with E-state index in [-0.39, 0.29) is 18.7 Å². The number of unbranched alkanes of at least 4 members (excludes halogenated alkanes) is 6. The minimum atomic E-state index is -0.141. The van der Waals surface area contributed by atoms with Gasteiger partial charge in [-0.1, -0.05) is 45.4 Å². The maximum atomic E-state index is 11.7. The molecule has 0 aromatic rings. The van der Waals surface area contributed by atoms with Gasteiger partial charge in [0.25, 0.3) is 0 Å². The molecule has 0 N–H and O–H groups in total. The van der Waals surface area contributed by atoms with Gasteiger partial charge in [-0.2, -0.15) is 0 Å². The molecule has 0 aliphatic carbocycles. The SMILES string of the molecule is CCCCCCCCCC(=O)OCCOCCOCCOCCOCCOCCOCCOCCOCCOCCOCCOCCOC(C)C. The van der Waals surface area contributed by atoms with E-state index in [0.717, 1.165) is 12.8 Å². The summed E-state index contributed by atoms with van der Waals surface area (Å²) in [7, 11) is 0. The van der Waals surface area contributed by atoms with Crippen LogP contribution >= 0.6 is 0 Å². The molecule has 0 aromatic carbocycles. The minimum Gasteiger partial charge on any atom is -0.463 e. The second-order valence-corrected chi connectivity index (χ2v) is 11.7. The summed E-state index contributed by atoms with van der Waals surface area (Å²) in [4.78, 5) is 11.7. The average Bonchev–Trinajstić information content (AvgIpc) is 3.12. The number of esters is 1. The molecule has 0 aromatic heterocycles. The van der Waals surface area contributed by atoms with Crippen LogP contribution in [0.3, 0.4) is 0 Å². The van der Waals surface area contributed by atoms with Gasteiger partial charge in [-0.3, -0.25) is 4.79 Å². The molecule has 0 aliphatic rings. The van der Waals surface area contributed by atoms with Gasteiger partial charge < -0.3 is 61.6 Å². The van der Waals surface area contributed by atoms with Crippen molar-refractivity contribution in [3.63, 3.8) is 0 Å². The van der Waals surface area contributed by atoms with Gasteiger partial charge in [-0.15, -0.1) is 0 Å². The van der Waals surface area contributed by atoms with E-state index < -0.39 is 0 Å². The van der Waals surface area contributed by atoms with Crippen LogP contribution in [0.25, 0.3) is 0 Å². The topological polar surface area (TPSA) is 137 Å². The molecule has 0 spiro atoms. The van der Waals surface area contributed by atoms with Gasteiger partial charge in [-0.05, 0) is 20.3 Å². The van der Waals surface area contributed by atoms with E-state index >= 15 is 0 Å². The Morgan fingerprint density at radius 1 is 0.353 bits per heavy atom. The summed E-state index contributed by atoms with van der Waals surface area (Å²) in [5.41, 5.74) is 0. The molecule has 306 valence electrons. The van der Waals surface area contributed by atoms with E-state index in [4.69, 9.17) is 61.6 Å². The smallest absolute Gasteiger partial charge is 0.305 e. The molecule has 0 radical (unpaired) electrons. The van der Waals surface area contributed by atoms with Crippen LogP contribution in [-0.4, -0.2) is 171 Å². The second kappa shape index (κ2) is 45.1. The number of ether oxygens (including phenoxy) is 13. The van der Waals surface area contributed by atoms with Crippen LogP contribution in [0, 0.1) is 0 Å². The number of hydrogen-bond acceptors (Lipinski definition) is 14. The van der Waals surface area contributed by atoms with E-state index in [1.54, 1.807) is 0 Å². The highest BCUT2D eigenvalue weighted by atomic mass is 16.6. The summed E-state index contributed by atoms with van der Waals surface area (Å²) >= 11 is 0. The fraction of sp³-hybridized carbons (Fsp3) is 0.973. The Morgan fingerprint density at radius 2 is 0.608 bits per heavy atom. The maximum absolute atomic E-state index is 11.7. The van der Waals surface area contributed by atoms with Crippen LogP contribution in [0.4, 0.5) is 0 Å². The Balaban J connectivity index is 3.10. The summed E-state index contributed by atoms with van der Waals surface area (Å²) in [6.45, 7) is 18.2. The highest BCUT2D eigenvalue weighted by Crippen LogP contribution is 2.08. The molecule has 0 atom stereocenters. The molecule has 14 heteroatoms. The van der Waals surface area contributed by atoms with E-state index in [1.165, 1.54) is 32.1 Å². The molecule has 0 saturated carbocycles. The third-order valence-corrected chi connectivity index (χ3v) is 6.87. The monoisotopic (exact) mass is 743 g/mol. The van der Waals surface area contributed by atoms with Crippen molar-refractivity contribution in [1.82, 2.24) is 0 Å². The van der Waals surface area contributed by atoms with Crippen molar-refractivity contribution < 1.29 is 66.4 Å². The third kappa shape index (κ3) is 47.0. The van der Waals surface area contributed by atoms with Crippen LogP contribution in [0.2, 0.25) is 0 Å². The van der Waals surface area contributed by atoms with Crippen LogP contribution < -0.4 is 0 Å². The first kappa shape index (κ1) is 50.0. The van der Waals surface area contributed by atoms with Crippen LogP contribution in [-0.2, 0) is 66.4 Å². The average molecular weight is 743 g/mol. The van der Waals surface area contributed by atoms with Gasteiger partial charge >= 0.3 is 5.97 Å². The number of carbonyl (C=O) groups is 1. The predicted molar refractivity (Wildman–Crippen MR) is 194 cm³/mol. The highest BCUT2D eigenvalue weighted by molar-refractivity contribution is 5.69. The largest absolute Gasteiger partial charge is 0.463 e.